The summed E-state index contributed by atoms with van der Waals surface area (Å²) in [7, 11) is 0. The van der Waals surface area contributed by atoms with Crippen LogP contribution in [0.5, 0.6) is 0 Å². The van der Waals surface area contributed by atoms with Crippen molar-refractivity contribution < 1.29 is 28.4 Å². The summed E-state index contributed by atoms with van der Waals surface area (Å²) in [6.07, 6.45) is 1.56. The minimum Gasteiger partial charge on any atom is -0.373 e. The van der Waals surface area contributed by atoms with Crippen LogP contribution in [0.15, 0.2) is 0 Å². The van der Waals surface area contributed by atoms with Crippen molar-refractivity contribution in [3.8, 4) is 0 Å². The van der Waals surface area contributed by atoms with Gasteiger partial charge < -0.3 is 28.4 Å². The molecule has 2 atom stereocenters. The van der Waals surface area contributed by atoms with Gasteiger partial charge in [0.2, 0.25) is 0 Å². The van der Waals surface area contributed by atoms with Gasteiger partial charge in [-0.2, -0.15) is 0 Å². The summed E-state index contributed by atoms with van der Waals surface area (Å²) in [5.41, 5.74) is 0. The van der Waals surface area contributed by atoms with E-state index in [1.54, 1.807) is 0 Å². The van der Waals surface area contributed by atoms with Crippen molar-refractivity contribution in [2.45, 2.75) is 31.2 Å². The standard InChI is InChI=1S/C13H20O6/c1(11-7-14-11)9-3-16-13(17-4-9)18-5-10(6-19-13)2-12-8-15-12/h9-12H,1-8H2. The minimum atomic E-state index is -1.25. The first-order valence-electron chi connectivity index (χ1n) is 7.10. The third-order valence-corrected chi connectivity index (χ3v) is 3.98. The second-order valence-corrected chi connectivity index (χ2v) is 5.86. The molecule has 4 saturated heterocycles. The molecule has 6 heteroatoms. The van der Waals surface area contributed by atoms with E-state index in [2.05, 4.69) is 0 Å². The van der Waals surface area contributed by atoms with Crippen LogP contribution in [0.4, 0.5) is 0 Å². The van der Waals surface area contributed by atoms with Crippen molar-refractivity contribution in [3.63, 3.8) is 0 Å². The van der Waals surface area contributed by atoms with Crippen LogP contribution in [-0.2, 0) is 28.4 Å². The first kappa shape index (κ1) is 12.5. The number of ether oxygens (including phenoxy) is 6. The van der Waals surface area contributed by atoms with Crippen LogP contribution in [0.3, 0.4) is 0 Å². The lowest BCUT2D eigenvalue weighted by atomic mass is 10.0. The summed E-state index contributed by atoms with van der Waals surface area (Å²) < 4.78 is 33.1. The normalized spacial score (nSPS) is 49.3. The fourth-order valence-corrected chi connectivity index (χ4v) is 2.65. The lowest BCUT2D eigenvalue weighted by molar-refractivity contribution is -0.535. The fourth-order valence-electron chi connectivity index (χ4n) is 2.65. The molecular weight excluding hydrogens is 252 g/mol. The van der Waals surface area contributed by atoms with Gasteiger partial charge in [0, 0.05) is 11.8 Å². The maximum Gasteiger partial charge on any atom is 0.412 e. The van der Waals surface area contributed by atoms with Crippen molar-refractivity contribution in [1.29, 1.82) is 0 Å². The van der Waals surface area contributed by atoms with Gasteiger partial charge in [-0.1, -0.05) is 0 Å². The Hall–Kier alpha value is -0.240. The second kappa shape index (κ2) is 4.95. The van der Waals surface area contributed by atoms with Crippen LogP contribution in [0.2, 0.25) is 0 Å². The monoisotopic (exact) mass is 272 g/mol. The minimum absolute atomic E-state index is 0.378. The van der Waals surface area contributed by atoms with Crippen LogP contribution in [-0.4, -0.2) is 58.0 Å². The summed E-state index contributed by atoms with van der Waals surface area (Å²) in [6.45, 7) is 4.18. The second-order valence-electron chi connectivity index (χ2n) is 5.86. The highest BCUT2D eigenvalue weighted by molar-refractivity contribution is 4.78. The molecule has 0 radical (unpaired) electrons. The number of hydrogen-bond acceptors (Lipinski definition) is 6. The molecule has 1 spiro atoms. The molecule has 4 aliphatic heterocycles. The molecule has 19 heavy (non-hydrogen) atoms. The van der Waals surface area contributed by atoms with E-state index in [1.807, 2.05) is 0 Å². The van der Waals surface area contributed by atoms with Gasteiger partial charge in [-0.15, -0.1) is 0 Å². The zero-order valence-corrected chi connectivity index (χ0v) is 10.9. The van der Waals surface area contributed by atoms with Gasteiger partial charge in [0.1, 0.15) is 0 Å². The van der Waals surface area contributed by atoms with E-state index in [9.17, 15) is 0 Å². The Balaban J connectivity index is 1.23. The van der Waals surface area contributed by atoms with Gasteiger partial charge in [-0.05, 0) is 12.8 Å². The Morgan fingerprint density at radius 1 is 0.632 bits per heavy atom. The van der Waals surface area contributed by atoms with Gasteiger partial charge in [-0.3, -0.25) is 0 Å². The largest absolute Gasteiger partial charge is 0.412 e. The number of epoxide rings is 2. The molecule has 0 aromatic rings. The average Bonchev–Trinajstić information content (AvgIpc) is 3.31. The lowest BCUT2D eigenvalue weighted by Gasteiger charge is -2.42. The molecule has 6 nitrogen and oxygen atoms in total. The Kier molecular flexibility index (Phi) is 3.25. The molecule has 0 aromatic carbocycles. The van der Waals surface area contributed by atoms with Crippen molar-refractivity contribution in [3.05, 3.63) is 0 Å². The van der Waals surface area contributed by atoms with E-state index in [0.29, 0.717) is 50.5 Å². The molecule has 0 bridgehead atoms. The van der Waals surface area contributed by atoms with Crippen LogP contribution in [0, 0.1) is 11.8 Å². The number of hydrogen-bond donors (Lipinski definition) is 0. The molecule has 0 N–H and O–H groups in total. The lowest BCUT2D eigenvalue weighted by Crippen LogP contribution is -2.53. The van der Waals surface area contributed by atoms with Crippen LogP contribution in [0.25, 0.3) is 0 Å². The van der Waals surface area contributed by atoms with E-state index in [1.165, 1.54) is 0 Å². The molecule has 0 amide bonds. The highest BCUT2D eigenvalue weighted by atomic mass is 17.0. The first-order valence-corrected chi connectivity index (χ1v) is 7.10. The van der Waals surface area contributed by atoms with Crippen molar-refractivity contribution in [1.82, 2.24) is 0 Å². The van der Waals surface area contributed by atoms with Crippen LogP contribution < -0.4 is 0 Å². The van der Waals surface area contributed by atoms with Crippen LogP contribution >= 0.6 is 0 Å². The Morgan fingerprint density at radius 2 is 1.00 bits per heavy atom. The molecular formula is C13H20O6. The molecule has 0 aromatic heterocycles. The predicted molar refractivity (Wildman–Crippen MR) is 62.2 cm³/mol. The topological polar surface area (TPSA) is 62.0 Å². The molecule has 108 valence electrons. The Labute approximate surface area is 112 Å². The highest BCUT2D eigenvalue weighted by Gasteiger charge is 2.46. The van der Waals surface area contributed by atoms with Crippen molar-refractivity contribution in [2.24, 2.45) is 11.8 Å². The SMILES string of the molecule is C1OC2(OCC1CC1CO1)OCC(CC1CO1)CO2. The van der Waals surface area contributed by atoms with Gasteiger partial charge in [0.15, 0.2) is 0 Å². The van der Waals surface area contributed by atoms with Gasteiger partial charge in [0.05, 0.1) is 51.8 Å². The quantitative estimate of drug-likeness (QED) is 0.695. The third kappa shape index (κ3) is 3.09. The fraction of sp³-hybridized carbons (Fsp3) is 1.00. The summed E-state index contributed by atoms with van der Waals surface area (Å²) in [5.74, 6) is 0.755. The summed E-state index contributed by atoms with van der Waals surface area (Å²) in [6, 6.07) is 0. The average molecular weight is 272 g/mol. The summed E-state index contributed by atoms with van der Waals surface area (Å²) in [5, 5.41) is 0. The maximum absolute atomic E-state index is 5.66. The first-order chi connectivity index (χ1) is 9.31. The van der Waals surface area contributed by atoms with Crippen LogP contribution in [0.1, 0.15) is 12.8 Å². The molecule has 4 fully saturated rings. The molecule has 2 unspecified atom stereocenters. The van der Waals surface area contributed by atoms with Crippen molar-refractivity contribution in [2.75, 3.05) is 39.6 Å². The van der Waals surface area contributed by atoms with Gasteiger partial charge >= 0.3 is 6.16 Å². The van der Waals surface area contributed by atoms with E-state index >= 15 is 0 Å². The molecule has 0 aliphatic carbocycles. The van der Waals surface area contributed by atoms with E-state index < -0.39 is 6.16 Å². The summed E-state index contributed by atoms with van der Waals surface area (Å²) in [4.78, 5) is 0. The Morgan fingerprint density at radius 3 is 1.32 bits per heavy atom. The van der Waals surface area contributed by atoms with E-state index in [4.69, 9.17) is 28.4 Å². The molecule has 4 rings (SSSR count). The molecule has 0 saturated carbocycles. The molecule has 4 aliphatic rings. The maximum atomic E-state index is 5.66. The third-order valence-electron chi connectivity index (χ3n) is 3.98. The number of rotatable bonds is 4. The Bertz CT molecular complexity index is 276. The van der Waals surface area contributed by atoms with E-state index in [-0.39, 0.29) is 0 Å². The highest BCUT2D eigenvalue weighted by Crippen LogP contribution is 2.34. The van der Waals surface area contributed by atoms with Gasteiger partial charge in [-0.25, -0.2) is 0 Å². The molecule has 4 heterocycles. The summed E-state index contributed by atoms with van der Waals surface area (Å²) >= 11 is 0. The smallest absolute Gasteiger partial charge is 0.373 e. The van der Waals surface area contributed by atoms with Crippen molar-refractivity contribution >= 4 is 0 Å². The predicted octanol–water partition coefficient (Wildman–Crippen LogP) is 0.501. The zero-order chi connectivity index (χ0) is 12.7. The van der Waals surface area contributed by atoms with Gasteiger partial charge in [0.25, 0.3) is 0 Å². The zero-order valence-electron chi connectivity index (χ0n) is 10.9. The van der Waals surface area contributed by atoms with E-state index in [0.717, 1.165) is 26.1 Å².